The Labute approximate surface area is 187 Å². The maximum atomic E-state index is 13.6. The standard InChI is InChI=1S/C25H27FN4O2/c1-25(2)19(16-7-8-27-22(13-16)28-9-12-30-10-3-4-11-30)15-21(32-25)23-18-6-5-17(26)14-20(18)29-24(23)31/h5-8,13-15H,3-4,9-12H2,1-2H3,(H,27,28)(H,29,31)/b23-21+. The summed E-state index contributed by atoms with van der Waals surface area (Å²) >= 11 is 0. The van der Waals surface area contributed by atoms with Crippen molar-refractivity contribution in [2.24, 2.45) is 0 Å². The monoisotopic (exact) mass is 434 g/mol. The zero-order valence-electron chi connectivity index (χ0n) is 18.4. The second kappa shape index (κ2) is 8.06. The number of hydrogen-bond acceptors (Lipinski definition) is 5. The molecule has 0 radical (unpaired) electrons. The predicted octanol–water partition coefficient (Wildman–Crippen LogP) is 4.28. The molecule has 1 fully saturated rings. The highest BCUT2D eigenvalue weighted by Gasteiger charge is 2.38. The molecule has 32 heavy (non-hydrogen) atoms. The van der Waals surface area contributed by atoms with E-state index < -0.39 is 5.60 Å². The second-order valence-electron chi connectivity index (χ2n) is 8.96. The number of benzene rings is 1. The van der Waals surface area contributed by atoms with Crippen molar-refractivity contribution in [1.82, 2.24) is 9.88 Å². The lowest BCUT2D eigenvalue weighted by Crippen LogP contribution is -2.26. The van der Waals surface area contributed by atoms with Crippen molar-refractivity contribution in [2.75, 3.05) is 36.8 Å². The molecular formula is C25H27FN4O2. The van der Waals surface area contributed by atoms with E-state index in [1.807, 2.05) is 32.1 Å². The van der Waals surface area contributed by atoms with Gasteiger partial charge in [0, 0.05) is 30.4 Å². The summed E-state index contributed by atoms with van der Waals surface area (Å²) in [6.07, 6.45) is 6.27. The third kappa shape index (κ3) is 3.88. The van der Waals surface area contributed by atoms with E-state index in [9.17, 15) is 9.18 Å². The minimum Gasteiger partial charge on any atom is -0.482 e. The van der Waals surface area contributed by atoms with Gasteiger partial charge in [-0.15, -0.1) is 0 Å². The number of nitrogens with one attached hydrogen (secondary N) is 2. The van der Waals surface area contributed by atoms with Gasteiger partial charge in [-0.25, -0.2) is 9.37 Å². The molecule has 6 nitrogen and oxygen atoms in total. The SMILES string of the molecule is CC1(C)O/C(=C2/C(=O)Nc3cc(F)ccc32)C=C1c1ccnc(NCCN2CCCC2)c1. The van der Waals surface area contributed by atoms with Crippen LogP contribution in [-0.4, -0.2) is 47.6 Å². The lowest BCUT2D eigenvalue weighted by molar-refractivity contribution is -0.111. The molecule has 7 heteroatoms. The van der Waals surface area contributed by atoms with Crippen molar-refractivity contribution >= 4 is 28.6 Å². The molecule has 3 aliphatic heterocycles. The molecule has 2 N–H and O–H groups in total. The van der Waals surface area contributed by atoms with Crippen molar-refractivity contribution in [2.45, 2.75) is 32.3 Å². The van der Waals surface area contributed by atoms with Crippen LogP contribution in [0.15, 0.2) is 48.4 Å². The highest BCUT2D eigenvalue weighted by atomic mass is 19.1. The molecular weight excluding hydrogens is 407 g/mol. The highest BCUT2D eigenvalue weighted by molar-refractivity contribution is 6.32. The van der Waals surface area contributed by atoms with Crippen LogP contribution in [0.5, 0.6) is 0 Å². The molecule has 1 aromatic heterocycles. The van der Waals surface area contributed by atoms with Crippen LogP contribution in [0.25, 0.3) is 11.1 Å². The Morgan fingerprint density at radius 3 is 2.84 bits per heavy atom. The van der Waals surface area contributed by atoms with Gasteiger partial charge >= 0.3 is 0 Å². The average molecular weight is 435 g/mol. The van der Waals surface area contributed by atoms with Gasteiger partial charge in [0.05, 0.1) is 11.3 Å². The minimum atomic E-state index is -0.625. The van der Waals surface area contributed by atoms with E-state index in [4.69, 9.17) is 4.74 Å². The van der Waals surface area contributed by atoms with Crippen molar-refractivity contribution in [3.63, 3.8) is 0 Å². The van der Waals surface area contributed by atoms with Gasteiger partial charge in [0.15, 0.2) is 0 Å². The Hall–Kier alpha value is -3.19. The first kappa shape index (κ1) is 20.7. The molecule has 5 rings (SSSR count). The van der Waals surface area contributed by atoms with Crippen LogP contribution in [0.1, 0.15) is 37.8 Å². The minimum absolute atomic E-state index is 0.284. The van der Waals surface area contributed by atoms with Crippen LogP contribution in [0, 0.1) is 5.82 Å². The van der Waals surface area contributed by atoms with Gasteiger partial charge in [-0.1, -0.05) is 0 Å². The lowest BCUT2D eigenvalue weighted by atomic mass is 9.92. The van der Waals surface area contributed by atoms with Crippen molar-refractivity contribution in [3.8, 4) is 0 Å². The van der Waals surface area contributed by atoms with E-state index in [-0.39, 0.29) is 11.7 Å². The Kier molecular flexibility index (Phi) is 5.21. The van der Waals surface area contributed by atoms with E-state index in [1.165, 1.54) is 38.1 Å². The summed E-state index contributed by atoms with van der Waals surface area (Å²) in [6.45, 7) is 8.16. The molecule has 0 unspecified atom stereocenters. The number of amides is 1. The summed E-state index contributed by atoms with van der Waals surface area (Å²) < 4.78 is 19.8. The van der Waals surface area contributed by atoms with Crippen molar-refractivity contribution in [3.05, 3.63) is 65.3 Å². The number of carbonyl (C=O) groups is 1. The summed E-state index contributed by atoms with van der Waals surface area (Å²) in [5, 5.41) is 6.15. The lowest BCUT2D eigenvalue weighted by Gasteiger charge is -2.23. The zero-order valence-corrected chi connectivity index (χ0v) is 18.4. The fraction of sp³-hybridized carbons (Fsp3) is 0.360. The first-order valence-electron chi connectivity index (χ1n) is 11.1. The van der Waals surface area contributed by atoms with Gasteiger partial charge in [-0.2, -0.15) is 0 Å². The molecule has 2 aromatic rings. The van der Waals surface area contributed by atoms with E-state index >= 15 is 0 Å². The van der Waals surface area contributed by atoms with Gasteiger partial charge in [0.1, 0.15) is 23.0 Å². The predicted molar refractivity (Wildman–Crippen MR) is 123 cm³/mol. The first-order chi connectivity index (χ1) is 15.4. The fourth-order valence-electron chi connectivity index (χ4n) is 4.65. The smallest absolute Gasteiger partial charge is 0.260 e. The molecule has 4 heterocycles. The van der Waals surface area contributed by atoms with Gasteiger partial charge in [-0.05, 0) is 81.7 Å². The van der Waals surface area contributed by atoms with Gasteiger partial charge in [0.2, 0.25) is 0 Å². The molecule has 0 atom stereocenters. The molecule has 0 spiro atoms. The summed E-state index contributed by atoms with van der Waals surface area (Å²) in [7, 11) is 0. The number of hydrogen-bond donors (Lipinski definition) is 2. The largest absolute Gasteiger partial charge is 0.482 e. The molecule has 1 amide bonds. The summed E-state index contributed by atoms with van der Waals surface area (Å²) in [4.78, 5) is 19.6. The topological polar surface area (TPSA) is 66.5 Å². The van der Waals surface area contributed by atoms with Crippen molar-refractivity contribution in [1.29, 1.82) is 0 Å². The van der Waals surface area contributed by atoms with Crippen LogP contribution >= 0.6 is 0 Å². The maximum absolute atomic E-state index is 13.6. The van der Waals surface area contributed by atoms with Gasteiger partial charge in [-0.3, -0.25) is 4.79 Å². The van der Waals surface area contributed by atoms with E-state index in [2.05, 4.69) is 20.5 Å². The third-order valence-corrected chi connectivity index (χ3v) is 6.27. The molecule has 166 valence electrons. The Morgan fingerprint density at radius 1 is 1.22 bits per heavy atom. The quantitative estimate of drug-likeness (QED) is 0.688. The molecule has 0 aliphatic carbocycles. The van der Waals surface area contributed by atoms with Crippen LogP contribution in [0.3, 0.4) is 0 Å². The third-order valence-electron chi connectivity index (χ3n) is 6.27. The molecule has 0 saturated carbocycles. The van der Waals surface area contributed by atoms with Gasteiger partial charge < -0.3 is 20.3 Å². The number of aromatic nitrogens is 1. The maximum Gasteiger partial charge on any atom is 0.260 e. The Balaban J connectivity index is 1.42. The van der Waals surface area contributed by atoms with Crippen LogP contribution in [-0.2, 0) is 9.53 Å². The van der Waals surface area contributed by atoms with Gasteiger partial charge in [0.25, 0.3) is 5.91 Å². The average Bonchev–Trinajstić information content (AvgIpc) is 3.45. The summed E-state index contributed by atoms with van der Waals surface area (Å²) in [6, 6.07) is 8.27. The number of anilines is 2. The Bertz CT molecular complexity index is 1130. The first-order valence-corrected chi connectivity index (χ1v) is 11.1. The zero-order chi connectivity index (χ0) is 22.3. The molecule has 1 aromatic carbocycles. The normalized spacial score (nSPS) is 21.8. The highest BCUT2D eigenvalue weighted by Crippen LogP contribution is 2.44. The number of allylic oxidation sites excluding steroid dienone is 1. The molecule has 0 bridgehead atoms. The number of ether oxygens (including phenoxy) is 1. The van der Waals surface area contributed by atoms with Crippen LogP contribution in [0.2, 0.25) is 0 Å². The number of fused-ring (bicyclic) bond motifs is 1. The number of nitrogens with zero attached hydrogens (tertiary/aromatic N) is 2. The number of rotatable bonds is 5. The van der Waals surface area contributed by atoms with E-state index in [0.717, 1.165) is 30.0 Å². The summed E-state index contributed by atoms with van der Waals surface area (Å²) in [5.74, 6) is 0.640. The molecule has 3 aliphatic rings. The number of carbonyl (C=O) groups excluding carboxylic acids is 1. The van der Waals surface area contributed by atoms with E-state index in [1.54, 1.807) is 12.3 Å². The van der Waals surface area contributed by atoms with E-state index in [0.29, 0.717) is 22.6 Å². The fourth-order valence-corrected chi connectivity index (χ4v) is 4.65. The van der Waals surface area contributed by atoms with Crippen LogP contribution in [0.4, 0.5) is 15.9 Å². The Morgan fingerprint density at radius 2 is 2.03 bits per heavy atom. The molecule has 1 saturated heterocycles. The van der Waals surface area contributed by atoms with Crippen molar-refractivity contribution < 1.29 is 13.9 Å². The number of pyridine rings is 1. The number of halogens is 1. The van der Waals surface area contributed by atoms with Crippen LogP contribution < -0.4 is 10.6 Å². The second-order valence-corrected chi connectivity index (χ2v) is 8.96. The number of likely N-dealkylation sites (tertiary alicyclic amines) is 1. The summed E-state index contributed by atoms with van der Waals surface area (Å²) in [5.41, 5.74) is 2.88.